The van der Waals surface area contributed by atoms with Crippen molar-refractivity contribution in [3.8, 4) is 0 Å². The predicted molar refractivity (Wildman–Crippen MR) is 64.3 cm³/mol. The van der Waals surface area contributed by atoms with Crippen LogP contribution in [0.5, 0.6) is 0 Å². The van der Waals surface area contributed by atoms with Crippen LogP contribution in [0.3, 0.4) is 0 Å². The molecule has 0 aliphatic rings. The van der Waals surface area contributed by atoms with Crippen LogP contribution in [-0.2, 0) is 24.3 Å². The van der Waals surface area contributed by atoms with Crippen LogP contribution in [0.1, 0.15) is 16.4 Å². The zero-order valence-electron chi connectivity index (χ0n) is 9.02. The van der Waals surface area contributed by atoms with Gasteiger partial charge in [0.2, 0.25) is 0 Å². The molecule has 0 saturated heterocycles. The van der Waals surface area contributed by atoms with Gasteiger partial charge in [0.15, 0.2) is 0 Å². The number of ether oxygens (including phenoxy) is 1. The summed E-state index contributed by atoms with van der Waals surface area (Å²) in [7, 11) is 0. The van der Waals surface area contributed by atoms with Gasteiger partial charge in [-0.2, -0.15) is 0 Å². The molecular weight excluding hydrogens is 222 g/mol. The average Bonchev–Trinajstić information content (AvgIpc) is 2.95. The summed E-state index contributed by atoms with van der Waals surface area (Å²) in [4.78, 5) is 1.35. The third-order valence-corrected chi connectivity index (χ3v) is 3.17. The van der Waals surface area contributed by atoms with Gasteiger partial charge in [0, 0.05) is 11.3 Å². The van der Waals surface area contributed by atoms with Crippen molar-refractivity contribution < 1.29 is 9.15 Å². The summed E-state index contributed by atoms with van der Waals surface area (Å²) < 4.78 is 10.9. The van der Waals surface area contributed by atoms with Crippen molar-refractivity contribution >= 4 is 11.3 Å². The largest absolute Gasteiger partial charge is 0.462 e. The van der Waals surface area contributed by atoms with E-state index < -0.39 is 0 Å². The molecule has 2 N–H and O–H groups in total. The highest BCUT2D eigenvalue weighted by Gasteiger charge is 2.00. The van der Waals surface area contributed by atoms with Gasteiger partial charge >= 0.3 is 0 Å². The summed E-state index contributed by atoms with van der Waals surface area (Å²) in [6, 6.07) is 7.97. The maximum absolute atomic E-state index is 5.52. The number of hydrogen-bond donors (Lipinski definition) is 1. The van der Waals surface area contributed by atoms with E-state index in [0.717, 1.165) is 24.5 Å². The molecule has 0 atom stereocenters. The molecule has 3 nitrogen and oxygen atoms in total. The van der Waals surface area contributed by atoms with Gasteiger partial charge in [-0.3, -0.25) is 0 Å². The third-order valence-electron chi connectivity index (χ3n) is 2.24. The van der Waals surface area contributed by atoms with Gasteiger partial charge in [-0.25, -0.2) is 0 Å². The van der Waals surface area contributed by atoms with Crippen molar-refractivity contribution in [3.05, 3.63) is 46.0 Å². The normalized spacial score (nSPS) is 10.8. The number of rotatable bonds is 6. The summed E-state index contributed by atoms with van der Waals surface area (Å²) >= 11 is 1.76. The van der Waals surface area contributed by atoms with Gasteiger partial charge in [0.1, 0.15) is 18.1 Å². The molecule has 0 aliphatic heterocycles. The van der Waals surface area contributed by atoms with E-state index in [-0.39, 0.29) is 0 Å². The molecule has 0 aliphatic carbocycles. The number of nitrogens with two attached hydrogens (primary N) is 1. The Morgan fingerprint density at radius 2 is 2.12 bits per heavy atom. The molecule has 86 valence electrons. The minimum atomic E-state index is 0.440. The first-order valence-electron chi connectivity index (χ1n) is 5.26. The first-order valence-corrected chi connectivity index (χ1v) is 6.14. The van der Waals surface area contributed by atoms with E-state index in [1.807, 2.05) is 12.1 Å². The lowest BCUT2D eigenvalue weighted by Gasteiger charge is -2.00. The minimum Gasteiger partial charge on any atom is -0.462 e. The second-order valence-electron chi connectivity index (χ2n) is 3.45. The van der Waals surface area contributed by atoms with Gasteiger partial charge in [-0.15, -0.1) is 11.3 Å². The van der Waals surface area contributed by atoms with E-state index in [1.54, 1.807) is 11.3 Å². The Bertz CT molecular complexity index is 408. The minimum absolute atomic E-state index is 0.440. The SMILES string of the molecule is NCc1ccc(COCCc2cccs2)o1. The predicted octanol–water partition coefficient (Wildman–Crippen LogP) is 2.56. The molecule has 16 heavy (non-hydrogen) atoms. The zero-order valence-corrected chi connectivity index (χ0v) is 9.83. The summed E-state index contributed by atoms with van der Waals surface area (Å²) in [5.74, 6) is 1.64. The van der Waals surface area contributed by atoms with Gasteiger partial charge in [0.05, 0.1) is 13.2 Å². The number of hydrogen-bond acceptors (Lipinski definition) is 4. The number of thiophene rings is 1. The standard InChI is InChI=1S/C12H15NO2S/c13-8-10-3-4-11(15-10)9-14-6-5-12-2-1-7-16-12/h1-4,7H,5-6,8-9,13H2. The van der Waals surface area contributed by atoms with Crippen LogP contribution >= 0.6 is 11.3 Å². The lowest BCUT2D eigenvalue weighted by atomic mass is 10.4. The zero-order chi connectivity index (χ0) is 11.2. The monoisotopic (exact) mass is 237 g/mol. The Labute approximate surface area is 98.8 Å². The van der Waals surface area contributed by atoms with Crippen molar-refractivity contribution in [3.63, 3.8) is 0 Å². The van der Waals surface area contributed by atoms with Crippen LogP contribution in [0.4, 0.5) is 0 Å². The van der Waals surface area contributed by atoms with Gasteiger partial charge in [0.25, 0.3) is 0 Å². The van der Waals surface area contributed by atoms with E-state index in [2.05, 4.69) is 17.5 Å². The van der Waals surface area contributed by atoms with Crippen molar-refractivity contribution in [1.82, 2.24) is 0 Å². The second kappa shape index (κ2) is 5.84. The number of furan rings is 1. The molecule has 0 unspecified atom stereocenters. The van der Waals surface area contributed by atoms with Crippen LogP contribution in [0.2, 0.25) is 0 Å². The molecule has 0 fully saturated rings. The Kier molecular flexibility index (Phi) is 4.16. The summed E-state index contributed by atoms with van der Waals surface area (Å²) in [5, 5.41) is 2.08. The van der Waals surface area contributed by atoms with Gasteiger partial charge in [-0.1, -0.05) is 6.07 Å². The van der Waals surface area contributed by atoms with Gasteiger partial charge < -0.3 is 14.9 Å². The first-order chi connectivity index (χ1) is 7.88. The third kappa shape index (κ3) is 3.20. The molecule has 0 amide bonds. The Morgan fingerprint density at radius 3 is 2.81 bits per heavy atom. The van der Waals surface area contributed by atoms with Crippen LogP contribution < -0.4 is 5.73 Å². The Balaban J connectivity index is 1.68. The summed E-state index contributed by atoms with van der Waals surface area (Å²) in [6.45, 7) is 1.68. The average molecular weight is 237 g/mol. The summed E-state index contributed by atoms with van der Waals surface area (Å²) in [6.07, 6.45) is 0.960. The van der Waals surface area contributed by atoms with Crippen LogP contribution in [-0.4, -0.2) is 6.61 Å². The molecule has 0 bridgehead atoms. The molecule has 0 radical (unpaired) electrons. The highest BCUT2D eigenvalue weighted by atomic mass is 32.1. The Morgan fingerprint density at radius 1 is 1.25 bits per heavy atom. The van der Waals surface area contributed by atoms with Crippen molar-refractivity contribution in [2.24, 2.45) is 5.73 Å². The van der Waals surface area contributed by atoms with Crippen LogP contribution in [0.15, 0.2) is 34.1 Å². The smallest absolute Gasteiger partial charge is 0.129 e. The maximum atomic E-state index is 5.52. The molecule has 2 rings (SSSR count). The highest BCUT2D eigenvalue weighted by molar-refractivity contribution is 7.09. The van der Waals surface area contributed by atoms with E-state index in [1.165, 1.54) is 4.88 Å². The van der Waals surface area contributed by atoms with Crippen LogP contribution in [0, 0.1) is 0 Å². The van der Waals surface area contributed by atoms with E-state index in [4.69, 9.17) is 14.9 Å². The maximum Gasteiger partial charge on any atom is 0.129 e. The summed E-state index contributed by atoms with van der Waals surface area (Å²) in [5.41, 5.74) is 5.45. The van der Waals surface area contributed by atoms with Crippen LogP contribution in [0.25, 0.3) is 0 Å². The fraction of sp³-hybridized carbons (Fsp3) is 0.333. The molecule has 0 spiro atoms. The van der Waals surface area contributed by atoms with E-state index in [0.29, 0.717) is 13.2 Å². The fourth-order valence-corrected chi connectivity index (χ4v) is 2.10. The van der Waals surface area contributed by atoms with Crippen molar-refractivity contribution in [1.29, 1.82) is 0 Å². The highest BCUT2D eigenvalue weighted by Crippen LogP contribution is 2.11. The Hall–Kier alpha value is -1.10. The van der Waals surface area contributed by atoms with Crippen molar-refractivity contribution in [2.75, 3.05) is 6.61 Å². The topological polar surface area (TPSA) is 48.4 Å². The molecular formula is C12H15NO2S. The second-order valence-corrected chi connectivity index (χ2v) is 4.49. The first kappa shape index (κ1) is 11.4. The van der Waals surface area contributed by atoms with E-state index >= 15 is 0 Å². The lowest BCUT2D eigenvalue weighted by Crippen LogP contribution is -1.97. The van der Waals surface area contributed by atoms with Crippen molar-refractivity contribution in [2.45, 2.75) is 19.6 Å². The molecule has 2 heterocycles. The van der Waals surface area contributed by atoms with E-state index in [9.17, 15) is 0 Å². The molecule has 2 aromatic rings. The molecule has 4 heteroatoms. The van der Waals surface area contributed by atoms with Gasteiger partial charge in [-0.05, 0) is 23.6 Å². The fourth-order valence-electron chi connectivity index (χ4n) is 1.41. The molecule has 0 saturated carbocycles. The molecule has 2 aromatic heterocycles. The molecule has 0 aromatic carbocycles. The lowest BCUT2D eigenvalue weighted by molar-refractivity contribution is 0.108. The quantitative estimate of drug-likeness (QED) is 0.785.